The number of allylic oxidation sites excluding steroid dienone is 1. The normalized spacial score (nSPS) is 16.9. The molecule has 0 saturated carbocycles. The molecular weight excluding hydrogens is 1060 g/mol. The molecular formula is C76H70CuN4O2. The van der Waals surface area contributed by atoms with E-state index in [9.17, 15) is 0 Å². The molecule has 2 atom stereocenters. The number of carbonyl (C=O) groups excluding carboxylic acids is 1. The fraction of sp³-hybridized carbons (Fsp3) is 0.316. The second kappa shape index (κ2) is 16.9. The molecule has 7 aromatic carbocycles. The average molecular weight is 1130 g/mol. The van der Waals surface area contributed by atoms with Crippen molar-refractivity contribution in [1.82, 2.24) is 15.0 Å². The summed E-state index contributed by atoms with van der Waals surface area (Å²) in [5.74, 6) is -0.402. The molecule has 83 heavy (non-hydrogen) atoms. The molecule has 2 unspecified atom stereocenters. The van der Waals surface area contributed by atoms with Gasteiger partial charge in [0.2, 0.25) is 0 Å². The van der Waals surface area contributed by atoms with E-state index in [-0.39, 0.29) is 49.9 Å². The number of hydrogen-bond acceptors (Lipinski definition) is 4. The van der Waals surface area contributed by atoms with Crippen LogP contribution in [0.25, 0.3) is 87.5 Å². The maximum absolute atomic E-state index is 16.2. The van der Waals surface area contributed by atoms with E-state index in [0.29, 0.717) is 32.9 Å². The summed E-state index contributed by atoms with van der Waals surface area (Å²) in [5.41, 5.74) is 24.0. The van der Waals surface area contributed by atoms with Crippen molar-refractivity contribution >= 4 is 76.6 Å². The predicted octanol–water partition coefficient (Wildman–Crippen LogP) is 15.7. The first-order valence-corrected chi connectivity index (χ1v) is 29.5. The molecule has 8 bridgehead atoms. The van der Waals surface area contributed by atoms with Crippen LogP contribution in [0.15, 0.2) is 100 Å². The van der Waals surface area contributed by atoms with Gasteiger partial charge in [-0.05, 0) is 215 Å². The average Bonchev–Trinajstić information content (AvgIpc) is 1.61. The summed E-state index contributed by atoms with van der Waals surface area (Å²) in [6.45, 7) is 40.3. The number of nitrogens with zero attached hydrogens (tertiary/aromatic N) is 4. The van der Waals surface area contributed by atoms with Crippen LogP contribution >= 0.6 is 0 Å². The zero-order chi connectivity index (χ0) is 57.8. The summed E-state index contributed by atoms with van der Waals surface area (Å²) in [6.07, 6.45) is 2.09. The molecule has 3 aliphatic carbocycles. The molecule has 7 heteroatoms. The fourth-order valence-corrected chi connectivity index (χ4v) is 15.6. The fourth-order valence-electron chi connectivity index (χ4n) is 15.6. The first kappa shape index (κ1) is 53.6. The monoisotopic (exact) mass is 1130 g/mol. The Balaban J connectivity index is 0.00000614. The SMILES string of the molecule is Cc1cc(C)c(C2=c3cc4c5c(C(C)(C)C)cc6cc(C(C)(C)C)cc7c(=O)c8cc([n-]c8c(c-4n3)c5c67)=C(c3c(C)cc(C)cc3C)C3=NC4C(=C3)C(=O)c3cc(C(C)(C)C)cc5cc(C(C)(C)C)c6c(c35)C4c3[n-]c2cc3-6)c(C)c1.[Cu+2]. The third kappa shape index (κ3) is 7.26. The maximum Gasteiger partial charge on any atom is 2.00 e. The van der Waals surface area contributed by atoms with Gasteiger partial charge in [-0.3, -0.25) is 14.6 Å². The van der Waals surface area contributed by atoms with Crippen molar-refractivity contribution in [3.63, 3.8) is 0 Å². The van der Waals surface area contributed by atoms with Crippen molar-refractivity contribution in [3.05, 3.63) is 201 Å². The molecule has 1 radical (unpaired) electrons. The van der Waals surface area contributed by atoms with Gasteiger partial charge in [-0.2, -0.15) is 0 Å². The van der Waals surface area contributed by atoms with Gasteiger partial charge in [-0.1, -0.05) is 143 Å². The number of fused-ring (bicyclic) bond motifs is 5. The van der Waals surface area contributed by atoms with Crippen molar-refractivity contribution in [2.45, 2.75) is 158 Å². The van der Waals surface area contributed by atoms with E-state index in [2.05, 4.69) is 210 Å². The predicted molar refractivity (Wildman–Crippen MR) is 341 cm³/mol. The van der Waals surface area contributed by atoms with Crippen LogP contribution in [0.2, 0.25) is 0 Å². The quantitative estimate of drug-likeness (QED) is 0.161. The zero-order valence-corrected chi connectivity index (χ0v) is 52.1. The maximum atomic E-state index is 16.2. The number of rotatable bonds is 2. The van der Waals surface area contributed by atoms with Gasteiger partial charge < -0.3 is 9.97 Å². The van der Waals surface area contributed by atoms with E-state index in [1.165, 1.54) is 16.7 Å². The van der Waals surface area contributed by atoms with Gasteiger partial charge in [-0.25, -0.2) is 4.98 Å². The van der Waals surface area contributed by atoms with Crippen molar-refractivity contribution in [3.8, 4) is 22.4 Å². The van der Waals surface area contributed by atoms with Crippen LogP contribution in [0.1, 0.15) is 183 Å². The summed E-state index contributed by atoms with van der Waals surface area (Å²) in [5, 5.41) is 9.82. The summed E-state index contributed by atoms with van der Waals surface area (Å²) in [4.78, 5) is 56.3. The Hall–Kier alpha value is -7.44. The van der Waals surface area contributed by atoms with E-state index in [1.54, 1.807) is 0 Å². The number of benzene rings is 6. The van der Waals surface area contributed by atoms with Crippen molar-refractivity contribution in [2.24, 2.45) is 4.99 Å². The molecule has 9 aromatic rings. The van der Waals surface area contributed by atoms with E-state index >= 15 is 9.59 Å². The smallest absolute Gasteiger partial charge is 0.660 e. The third-order valence-corrected chi connectivity index (χ3v) is 19.1. The molecule has 0 fully saturated rings. The summed E-state index contributed by atoms with van der Waals surface area (Å²) < 4.78 is 0. The molecule has 0 saturated heterocycles. The topological polar surface area (TPSA) is 87.6 Å². The van der Waals surface area contributed by atoms with Gasteiger partial charge in [-0.15, -0.1) is 22.3 Å². The first-order valence-electron chi connectivity index (χ1n) is 29.5. The molecule has 417 valence electrons. The minimum Gasteiger partial charge on any atom is -0.660 e. The Morgan fingerprint density at radius 1 is 0.494 bits per heavy atom. The number of carbonyl (C=O) groups is 1. The van der Waals surface area contributed by atoms with Gasteiger partial charge >= 0.3 is 17.1 Å². The summed E-state index contributed by atoms with van der Waals surface area (Å²) in [7, 11) is 0. The third-order valence-electron chi connectivity index (χ3n) is 19.1. The molecule has 6 aliphatic rings. The van der Waals surface area contributed by atoms with Crippen LogP contribution < -0.4 is 26.1 Å². The number of ketones is 1. The largest absolute Gasteiger partial charge is 2.00 e. The standard InChI is InChI=1S/C76H71N4O2.Cu/c1-33-19-35(3)55(36(4)20-33)61-51-29-43-59-49(75(13,14)15)25-39-23-41(73(7,8)9)27-45-57(39)63(59)65(67(43)77-51)69-47(71(45)81)31-53(79-69)62(56-37(5)21-34(2)22-38(56)6)54-32-48-70(80-54)66-64-58-40(24-42(74(10,11)12)28-46(58)72(48)82)26-50(76(16,17)18)60(64)44-30-52(61)78-68(44)66;/h19-32,65,69H,1-18H3,(H-,77,78,79,80,81,82);/q-1;+2/p-1. The van der Waals surface area contributed by atoms with Crippen LogP contribution in [-0.2, 0) is 38.7 Å². The number of aryl methyl sites for hydroxylation is 6. The Morgan fingerprint density at radius 2 is 1.07 bits per heavy atom. The van der Waals surface area contributed by atoms with Gasteiger partial charge in [0, 0.05) is 38.8 Å². The van der Waals surface area contributed by atoms with E-state index in [0.717, 1.165) is 149 Å². The van der Waals surface area contributed by atoms with E-state index in [4.69, 9.17) is 19.9 Å². The van der Waals surface area contributed by atoms with Crippen molar-refractivity contribution in [2.75, 3.05) is 0 Å². The second-order valence-electron chi connectivity index (χ2n) is 29.2. The summed E-state index contributed by atoms with van der Waals surface area (Å²) in [6, 6.07) is 28.9. The molecule has 6 nitrogen and oxygen atoms in total. The van der Waals surface area contributed by atoms with Gasteiger partial charge in [0.15, 0.2) is 11.2 Å². The van der Waals surface area contributed by atoms with Gasteiger partial charge in [0.05, 0.1) is 22.8 Å². The van der Waals surface area contributed by atoms with Crippen LogP contribution in [0.5, 0.6) is 0 Å². The Morgan fingerprint density at radius 3 is 1.67 bits per heavy atom. The second-order valence-corrected chi connectivity index (χ2v) is 29.2. The van der Waals surface area contributed by atoms with Crippen LogP contribution in [0.4, 0.5) is 0 Å². The molecule has 2 aromatic heterocycles. The minimum atomic E-state index is -0.612. The Bertz CT molecular complexity index is 5020. The van der Waals surface area contributed by atoms with Crippen LogP contribution in [0, 0.1) is 41.5 Å². The number of aliphatic imine (C=N–C) groups is 1. The number of Topliss-reactive ketones (excluding diaryl/α,β-unsaturated/α-hetero) is 1. The molecule has 0 N–H and O–H groups in total. The Labute approximate surface area is 496 Å². The van der Waals surface area contributed by atoms with Gasteiger partial charge in [0.1, 0.15) is 0 Å². The number of aromatic nitrogens is 3. The number of hydrogen-bond donors (Lipinski definition) is 0. The van der Waals surface area contributed by atoms with Crippen molar-refractivity contribution in [1.29, 1.82) is 0 Å². The van der Waals surface area contributed by atoms with Crippen LogP contribution in [-0.4, -0.2) is 22.5 Å². The molecule has 0 spiro atoms. The molecule has 15 rings (SSSR count). The van der Waals surface area contributed by atoms with Crippen molar-refractivity contribution < 1.29 is 21.9 Å². The Kier molecular flexibility index (Phi) is 10.9. The first-order chi connectivity index (χ1) is 38.5. The minimum absolute atomic E-state index is 0. The molecule has 0 amide bonds. The molecule has 3 aliphatic heterocycles. The zero-order valence-electron chi connectivity index (χ0n) is 51.1. The van der Waals surface area contributed by atoms with Crippen LogP contribution in [0.3, 0.4) is 0 Å². The molecule has 5 heterocycles. The van der Waals surface area contributed by atoms with E-state index in [1.807, 2.05) is 0 Å². The van der Waals surface area contributed by atoms with E-state index < -0.39 is 12.0 Å². The van der Waals surface area contributed by atoms with Gasteiger partial charge in [0.25, 0.3) is 0 Å². The summed E-state index contributed by atoms with van der Waals surface area (Å²) >= 11 is 0.